The van der Waals surface area contributed by atoms with Crippen molar-refractivity contribution in [3.8, 4) is 22.8 Å². The molecule has 0 atom stereocenters. The topological polar surface area (TPSA) is 80.7 Å². The van der Waals surface area contributed by atoms with Gasteiger partial charge in [0.25, 0.3) is 0 Å². The van der Waals surface area contributed by atoms with Gasteiger partial charge >= 0.3 is 0 Å². The standard InChI is InChI=1S/C29H31N5O3/c1-36-26-13-8-22(16-27(26)37-2)29-23(19-34(32-29)18-21-6-4-3-5-7-21)17-31-24-9-11-25(12-10-24)33-15-14-30-28(35)20-33/h3-13,16,19,31H,14-15,17-18,20H2,1-2H3,(H,30,35). The first-order valence-electron chi connectivity index (χ1n) is 12.3. The first kappa shape index (κ1) is 24.2. The fourth-order valence-corrected chi connectivity index (χ4v) is 4.52. The summed E-state index contributed by atoms with van der Waals surface area (Å²) in [4.78, 5) is 13.8. The van der Waals surface area contributed by atoms with Gasteiger partial charge in [0.05, 0.1) is 33.0 Å². The van der Waals surface area contributed by atoms with Gasteiger partial charge in [0.15, 0.2) is 11.5 Å². The van der Waals surface area contributed by atoms with Crippen molar-refractivity contribution >= 4 is 17.3 Å². The Bertz CT molecular complexity index is 1350. The summed E-state index contributed by atoms with van der Waals surface area (Å²) in [5.41, 5.74) is 6.15. The first-order chi connectivity index (χ1) is 18.1. The summed E-state index contributed by atoms with van der Waals surface area (Å²) in [6.45, 7) is 3.16. The number of anilines is 2. The van der Waals surface area contributed by atoms with E-state index in [9.17, 15) is 4.79 Å². The highest BCUT2D eigenvalue weighted by molar-refractivity contribution is 5.82. The summed E-state index contributed by atoms with van der Waals surface area (Å²) in [6.07, 6.45) is 2.09. The van der Waals surface area contributed by atoms with Gasteiger partial charge in [-0.05, 0) is 48.0 Å². The van der Waals surface area contributed by atoms with Crippen LogP contribution in [0.15, 0.2) is 79.0 Å². The average Bonchev–Trinajstić information content (AvgIpc) is 3.34. The summed E-state index contributed by atoms with van der Waals surface area (Å²) in [6, 6.07) is 24.4. The number of methoxy groups -OCH3 is 2. The zero-order chi connectivity index (χ0) is 25.6. The number of carbonyl (C=O) groups excluding carboxylic acids is 1. The summed E-state index contributed by atoms with van der Waals surface area (Å²) >= 11 is 0. The van der Waals surface area contributed by atoms with E-state index in [1.807, 2.05) is 53.2 Å². The lowest BCUT2D eigenvalue weighted by Gasteiger charge is -2.28. The molecule has 1 saturated heterocycles. The van der Waals surface area contributed by atoms with Gasteiger partial charge < -0.3 is 25.0 Å². The molecule has 2 heterocycles. The number of aromatic nitrogens is 2. The SMILES string of the molecule is COc1ccc(-c2nn(Cc3ccccc3)cc2CNc2ccc(N3CCNC(=O)C3)cc2)cc1OC. The van der Waals surface area contributed by atoms with Crippen LogP contribution in [0.1, 0.15) is 11.1 Å². The second kappa shape index (κ2) is 11.1. The third kappa shape index (κ3) is 5.69. The molecule has 0 spiro atoms. The quantitative estimate of drug-likeness (QED) is 0.361. The fourth-order valence-electron chi connectivity index (χ4n) is 4.52. The molecule has 1 fully saturated rings. The molecule has 0 radical (unpaired) electrons. The van der Waals surface area contributed by atoms with Gasteiger partial charge in [0.1, 0.15) is 0 Å². The molecule has 8 heteroatoms. The van der Waals surface area contributed by atoms with Crippen LogP contribution in [-0.4, -0.2) is 49.5 Å². The molecule has 4 aromatic rings. The number of hydrogen-bond donors (Lipinski definition) is 2. The van der Waals surface area contributed by atoms with E-state index in [2.05, 4.69) is 46.0 Å². The molecule has 1 aromatic heterocycles. The Morgan fingerprint density at radius 1 is 0.973 bits per heavy atom. The highest BCUT2D eigenvalue weighted by atomic mass is 16.5. The average molecular weight is 498 g/mol. The molecule has 190 valence electrons. The molecule has 37 heavy (non-hydrogen) atoms. The minimum Gasteiger partial charge on any atom is -0.493 e. The van der Waals surface area contributed by atoms with Crippen LogP contribution in [0.5, 0.6) is 11.5 Å². The third-order valence-electron chi connectivity index (χ3n) is 6.44. The third-order valence-corrected chi connectivity index (χ3v) is 6.44. The molecule has 1 amide bonds. The van der Waals surface area contributed by atoms with Crippen LogP contribution in [0.2, 0.25) is 0 Å². The maximum Gasteiger partial charge on any atom is 0.239 e. The Kier molecular flexibility index (Phi) is 7.26. The number of benzene rings is 3. The lowest BCUT2D eigenvalue weighted by molar-refractivity contribution is -0.120. The fraction of sp³-hybridized carbons (Fsp3) is 0.241. The van der Waals surface area contributed by atoms with E-state index in [0.29, 0.717) is 37.7 Å². The van der Waals surface area contributed by atoms with Gasteiger partial charge in [-0.1, -0.05) is 30.3 Å². The van der Waals surface area contributed by atoms with Gasteiger partial charge in [-0.3, -0.25) is 9.48 Å². The summed E-state index contributed by atoms with van der Waals surface area (Å²) in [5.74, 6) is 1.41. The number of piperazine rings is 1. The van der Waals surface area contributed by atoms with Gasteiger partial charge in [-0.2, -0.15) is 5.10 Å². The first-order valence-corrected chi connectivity index (χ1v) is 12.3. The molecule has 1 aliphatic heterocycles. The van der Waals surface area contributed by atoms with Crippen molar-refractivity contribution in [2.75, 3.05) is 44.1 Å². The normalized spacial score (nSPS) is 13.2. The van der Waals surface area contributed by atoms with Gasteiger partial charge in [-0.25, -0.2) is 0 Å². The number of nitrogens with zero attached hydrogens (tertiary/aromatic N) is 3. The monoisotopic (exact) mass is 497 g/mol. The number of amides is 1. The number of hydrogen-bond acceptors (Lipinski definition) is 6. The molecule has 0 aliphatic carbocycles. The van der Waals surface area contributed by atoms with Crippen LogP contribution < -0.4 is 25.0 Å². The summed E-state index contributed by atoms with van der Waals surface area (Å²) < 4.78 is 12.9. The van der Waals surface area contributed by atoms with E-state index >= 15 is 0 Å². The summed E-state index contributed by atoms with van der Waals surface area (Å²) in [7, 11) is 3.27. The number of rotatable bonds is 9. The smallest absolute Gasteiger partial charge is 0.239 e. The van der Waals surface area contributed by atoms with Crippen molar-refractivity contribution in [1.82, 2.24) is 15.1 Å². The van der Waals surface area contributed by atoms with Gasteiger partial charge in [-0.15, -0.1) is 0 Å². The van der Waals surface area contributed by atoms with Gasteiger partial charge in [0, 0.05) is 48.3 Å². The highest BCUT2D eigenvalue weighted by Gasteiger charge is 2.17. The van der Waals surface area contributed by atoms with E-state index < -0.39 is 0 Å². The number of carbonyl (C=O) groups is 1. The molecule has 0 unspecified atom stereocenters. The Balaban J connectivity index is 1.37. The Labute approximate surface area is 216 Å². The van der Waals surface area contributed by atoms with Crippen LogP contribution in [0.3, 0.4) is 0 Å². The largest absolute Gasteiger partial charge is 0.493 e. The van der Waals surface area contributed by atoms with Crippen molar-refractivity contribution in [2.45, 2.75) is 13.1 Å². The second-order valence-corrected chi connectivity index (χ2v) is 8.93. The minimum atomic E-state index is 0.0589. The predicted molar refractivity (Wildman–Crippen MR) is 145 cm³/mol. The Morgan fingerprint density at radius 2 is 1.76 bits per heavy atom. The lowest BCUT2D eigenvalue weighted by Crippen LogP contribution is -2.47. The molecule has 5 rings (SSSR count). The van der Waals surface area contributed by atoms with Crippen LogP contribution >= 0.6 is 0 Å². The van der Waals surface area contributed by atoms with Crippen molar-refractivity contribution in [3.05, 3.63) is 90.1 Å². The molecule has 2 N–H and O–H groups in total. The second-order valence-electron chi connectivity index (χ2n) is 8.93. The van der Waals surface area contributed by atoms with E-state index in [0.717, 1.165) is 34.7 Å². The molecule has 8 nitrogen and oxygen atoms in total. The van der Waals surface area contributed by atoms with Crippen molar-refractivity contribution in [2.24, 2.45) is 0 Å². The highest BCUT2D eigenvalue weighted by Crippen LogP contribution is 2.33. The Morgan fingerprint density at radius 3 is 2.49 bits per heavy atom. The van der Waals surface area contributed by atoms with E-state index in [-0.39, 0.29) is 5.91 Å². The zero-order valence-electron chi connectivity index (χ0n) is 21.1. The van der Waals surface area contributed by atoms with Crippen LogP contribution in [0.25, 0.3) is 11.3 Å². The van der Waals surface area contributed by atoms with Gasteiger partial charge in [0.2, 0.25) is 5.91 Å². The maximum absolute atomic E-state index is 11.7. The molecule has 3 aromatic carbocycles. The summed E-state index contributed by atoms with van der Waals surface area (Å²) in [5, 5.41) is 11.3. The molecule has 0 saturated carbocycles. The minimum absolute atomic E-state index is 0.0589. The number of nitrogens with one attached hydrogen (secondary N) is 2. The number of ether oxygens (including phenoxy) is 2. The van der Waals surface area contributed by atoms with Crippen LogP contribution in [0.4, 0.5) is 11.4 Å². The molecule has 0 bridgehead atoms. The zero-order valence-corrected chi connectivity index (χ0v) is 21.1. The van der Waals surface area contributed by atoms with Crippen molar-refractivity contribution < 1.29 is 14.3 Å². The van der Waals surface area contributed by atoms with Crippen LogP contribution in [0, 0.1) is 0 Å². The van der Waals surface area contributed by atoms with E-state index in [1.54, 1.807) is 14.2 Å². The predicted octanol–water partition coefficient (Wildman–Crippen LogP) is 4.16. The maximum atomic E-state index is 11.7. The molecular weight excluding hydrogens is 466 g/mol. The van der Waals surface area contributed by atoms with E-state index in [4.69, 9.17) is 14.6 Å². The lowest BCUT2D eigenvalue weighted by atomic mass is 10.1. The van der Waals surface area contributed by atoms with E-state index in [1.165, 1.54) is 5.56 Å². The molecular formula is C29H31N5O3. The van der Waals surface area contributed by atoms with Crippen LogP contribution in [-0.2, 0) is 17.9 Å². The molecule has 1 aliphatic rings. The Hall–Kier alpha value is -4.46. The van der Waals surface area contributed by atoms with Crippen molar-refractivity contribution in [1.29, 1.82) is 0 Å². The van der Waals surface area contributed by atoms with Crippen molar-refractivity contribution in [3.63, 3.8) is 0 Å².